The molecule has 0 spiro atoms. The van der Waals surface area contributed by atoms with Crippen LogP contribution in [0.3, 0.4) is 0 Å². The first-order valence-electron chi connectivity index (χ1n) is 7.78. The van der Waals surface area contributed by atoms with E-state index in [0.717, 1.165) is 13.1 Å². The summed E-state index contributed by atoms with van der Waals surface area (Å²) >= 11 is 0. The van der Waals surface area contributed by atoms with Gasteiger partial charge in [-0.2, -0.15) is 5.26 Å². The zero-order chi connectivity index (χ0) is 16.5. The number of nitrogens with zero attached hydrogens (tertiary/aromatic N) is 2. The Morgan fingerprint density at radius 2 is 1.83 bits per heavy atom. The van der Waals surface area contributed by atoms with Gasteiger partial charge in [0.1, 0.15) is 18.5 Å². The summed E-state index contributed by atoms with van der Waals surface area (Å²) in [5.41, 5.74) is 1.83. The monoisotopic (exact) mass is 310 g/mol. The standard InChI is InChI=1S/C19H22N2O2/c1-2-21(13-17-6-4-3-5-7-17)14-18(22)15-23-19-10-8-16(12-20)9-11-19/h3-11,18,22H,2,13-15H2,1H3. The van der Waals surface area contributed by atoms with Crippen molar-refractivity contribution in [2.75, 3.05) is 19.7 Å². The average Bonchev–Trinajstić information content (AvgIpc) is 2.60. The normalized spacial score (nSPS) is 11.9. The molecule has 0 bridgehead atoms. The third-order valence-electron chi connectivity index (χ3n) is 3.59. The molecule has 1 unspecified atom stereocenters. The molecule has 1 atom stereocenters. The summed E-state index contributed by atoms with van der Waals surface area (Å²) in [5, 5.41) is 18.9. The van der Waals surface area contributed by atoms with E-state index in [1.54, 1.807) is 24.3 Å². The van der Waals surface area contributed by atoms with Crippen molar-refractivity contribution < 1.29 is 9.84 Å². The minimum Gasteiger partial charge on any atom is -0.491 e. The van der Waals surface area contributed by atoms with Gasteiger partial charge in [-0.15, -0.1) is 0 Å². The maximum Gasteiger partial charge on any atom is 0.119 e. The van der Waals surface area contributed by atoms with Gasteiger partial charge >= 0.3 is 0 Å². The van der Waals surface area contributed by atoms with E-state index in [1.807, 2.05) is 18.2 Å². The fraction of sp³-hybridized carbons (Fsp3) is 0.316. The van der Waals surface area contributed by atoms with Gasteiger partial charge < -0.3 is 9.84 Å². The Labute approximate surface area is 137 Å². The van der Waals surface area contributed by atoms with Crippen LogP contribution < -0.4 is 4.74 Å². The van der Waals surface area contributed by atoms with Crippen LogP contribution in [0.5, 0.6) is 5.75 Å². The molecule has 1 N–H and O–H groups in total. The lowest BCUT2D eigenvalue weighted by Crippen LogP contribution is -2.35. The van der Waals surface area contributed by atoms with Crippen LogP contribution in [0.1, 0.15) is 18.1 Å². The molecule has 23 heavy (non-hydrogen) atoms. The molecule has 120 valence electrons. The number of likely N-dealkylation sites (N-methyl/N-ethyl adjacent to an activating group) is 1. The van der Waals surface area contributed by atoms with Crippen LogP contribution >= 0.6 is 0 Å². The van der Waals surface area contributed by atoms with Crippen LogP contribution in [0, 0.1) is 11.3 Å². The highest BCUT2D eigenvalue weighted by atomic mass is 16.5. The number of nitriles is 1. The SMILES string of the molecule is CCN(Cc1ccccc1)CC(O)COc1ccc(C#N)cc1. The quantitative estimate of drug-likeness (QED) is 0.814. The lowest BCUT2D eigenvalue weighted by Gasteiger charge is -2.23. The average molecular weight is 310 g/mol. The molecule has 2 rings (SSSR count). The van der Waals surface area contributed by atoms with Gasteiger partial charge in [-0.05, 0) is 36.4 Å². The second-order valence-corrected chi connectivity index (χ2v) is 5.41. The van der Waals surface area contributed by atoms with Crippen molar-refractivity contribution in [2.24, 2.45) is 0 Å². The number of rotatable bonds is 8. The molecule has 0 radical (unpaired) electrons. The van der Waals surface area contributed by atoms with Crippen LogP contribution in [0.4, 0.5) is 0 Å². The number of aliphatic hydroxyl groups is 1. The molecule has 0 saturated carbocycles. The molecule has 2 aromatic carbocycles. The minimum atomic E-state index is -0.561. The zero-order valence-corrected chi connectivity index (χ0v) is 13.4. The molecule has 0 aliphatic heterocycles. The lowest BCUT2D eigenvalue weighted by molar-refractivity contribution is 0.0675. The van der Waals surface area contributed by atoms with Crippen LogP contribution in [-0.4, -0.2) is 35.8 Å². The Bertz CT molecular complexity index is 620. The third-order valence-corrected chi connectivity index (χ3v) is 3.59. The first-order valence-corrected chi connectivity index (χ1v) is 7.78. The molecular weight excluding hydrogens is 288 g/mol. The summed E-state index contributed by atoms with van der Waals surface area (Å²) in [6, 6.07) is 19.2. The summed E-state index contributed by atoms with van der Waals surface area (Å²) < 4.78 is 5.58. The maximum absolute atomic E-state index is 10.2. The molecule has 0 aliphatic rings. The molecule has 0 fully saturated rings. The van der Waals surface area contributed by atoms with Gasteiger partial charge in [-0.25, -0.2) is 0 Å². The topological polar surface area (TPSA) is 56.5 Å². The van der Waals surface area contributed by atoms with E-state index in [2.05, 4.69) is 30.0 Å². The van der Waals surface area contributed by atoms with Gasteiger partial charge in [0.05, 0.1) is 11.6 Å². The summed E-state index contributed by atoms with van der Waals surface area (Å²) in [4.78, 5) is 2.18. The Morgan fingerprint density at radius 1 is 1.13 bits per heavy atom. The van der Waals surface area contributed by atoms with Crippen molar-refractivity contribution in [1.82, 2.24) is 4.90 Å². The van der Waals surface area contributed by atoms with Crippen molar-refractivity contribution in [3.63, 3.8) is 0 Å². The van der Waals surface area contributed by atoms with Crippen molar-refractivity contribution in [3.05, 3.63) is 65.7 Å². The highest BCUT2D eigenvalue weighted by molar-refractivity contribution is 5.34. The molecule has 4 heteroatoms. The molecule has 0 aliphatic carbocycles. The van der Waals surface area contributed by atoms with E-state index >= 15 is 0 Å². The Hall–Kier alpha value is -2.35. The Morgan fingerprint density at radius 3 is 2.43 bits per heavy atom. The van der Waals surface area contributed by atoms with Crippen molar-refractivity contribution in [1.29, 1.82) is 5.26 Å². The molecule has 4 nitrogen and oxygen atoms in total. The third kappa shape index (κ3) is 5.74. The van der Waals surface area contributed by atoms with E-state index in [4.69, 9.17) is 10.00 Å². The minimum absolute atomic E-state index is 0.233. The number of benzene rings is 2. The Kier molecular flexibility index (Phi) is 6.61. The van der Waals surface area contributed by atoms with Gasteiger partial charge in [0.25, 0.3) is 0 Å². The predicted molar refractivity (Wildman–Crippen MR) is 90.1 cm³/mol. The van der Waals surface area contributed by atoms with E-state index < -0.39 is 6.10 Å². The van der Waals surface area contributed by atoms with Crippen LogP contribution in [0.2, 0.25) is 0 Å². The molecular formula is C19H22N2O2. The zero-order valence-electron chi connectivity index (χ0n) is 13.4. The largest absolute Gasteiger partial charge is 0.491 e. The Balaban J connectivity index is 1.80. The number of hydrogen-bond donors (Lipinski definition) is 1. The fourth-order valence-electron chi connectivity index (χ4n) is 2.32. The van der Waals surface area contributed by atoms with E-state index in [-0.39, 0.29) is 6.61 Å². The second-order valence-electron chi connectivity index (χ2n) is 5.41. The van der Waals surface area contributed by atoms with Crippen molar-refractivity contribution >= 4 is 0 Å². The van der Waals surface area contributed by atoms with Crippen LogP contribution in [0.15, 0.2) is 54.6 Å². The smallest absolute Gasteiger partial charge is 0.119 e. The number of hydrogen-bond acceptors (Lipinski definition) is 4. The second kappa shape index (κ2) is 8.94. The summed E-state index contributed by atoms with van der Waals surface area (Å²) in [7, 11) is 0. The molecule has 0 aromatic heterocycles. The summed E-state index contributed by atoms with van der Waals surface area (Å²) in [6.45, 7) is 4.55. The molecule has 2 aromatic rings. The highest BCUT2D eigenvalue weighted by Crippen LogP contribution is 2.12. The van der Waals surface area contributed by atoms with Crippen LogP contribution in [-0.2, 0) is 6.54 Å². The van der Waals surface area contributed by atoms with E-state index in [9.17, 15) is 5.11 Å². The molecule has 0 amide bonds. The van der Waals surface area contributed by atoms with Gasteiger partial charge in [-0.1, -0.05) is 37.3 Å². The van der Waals surface area contributed by atoms with Gasteiger partial charge in [-0.3, -0.25) is 4.90 Å². The van der Waals surface area contributed by atoms with Gasteiger partial charge in [0.15, 0.2) is 0 Å². The number of ether oxygens (including phenoxy) is 1. The summed E-state index contributed by atoms with van der Waals surface area (Å²) in [6.07, 6.45) is -0.561. The first kappa shape index (κ1) is 17.0. The fourth-order valence-corrected chi connectivity index (χ4v) is 2.32. The van der Waals surface area contributed by atoms with Crippen molar-refractivity contribution in [2.45, 2.75) is 19.6 Å². The summed E-state index contributed by atoms with van der Waals surface area (Å²) in [5.74, 6) is 0.661. The number of aliphatic hydroxyl groups excluding tert-OH is 1. The molecule has 0 heterocycles. The van der Waals surface area contributed by atoms with E-state index in [0.29, 0.717) is 17.9 Å². The predicted octanol–water partition coefficient (Wildman–Crippen LogP) is 2.82. The highest BCUT2D eigenvalue weighted by Gasteiger charge is 2.11. The van der Waals surface area contributed by atoms with Gasteiger partial charge in [0.2, 0.25) is 0 Å². The maximum atomic E-state index is 10.2. The van der Waals surface area contributed by atoms with Crippen LogP contribution in [0.25, 0.3) is 0 Å². The van der Waals surface area contributed by atoms with E-state index in [1.165, 1.54) is 5.56 Å². The lowest BCUT2D eigenvalue weighted by atomic mass is 10.2. The van der Waals surface area contributed by atoms with Gasteiger partial charge in [0, 0.05) is 13.1 Å². The van der Waals surface area contributed by atoms with Crippen molar-refractivity contribution in [3.8, 4) is 11.8 Å². The first-order chi connectivity index (χ1) is 11.2. The molecule has 0 saturated heterocycles.